The molecule has 38 heavy (non-hydrogen) atoms. The van der Waals surface area contributed by atoms with Crippen LogP contribution in [-0.4, -0.2) is 36.5 Å². The third-order valence-corrected chi connectivity index (χ3v) is 7.58. The van der Waals surface area contributed by atoms with Gasteiger partial charge in [0.05, 0.1) is 5.69 Å². The predicted molar refractivity (Wildman–Crippen MR) is 145 cm³/mol. The maximum absolute atomic E-state index is 14.0. The van der Waals surface area contributed by atoms with E-state index >= 15 is 0 Å². The minimum atomic E-state index is -1.21. The van der Waals surface area contributed by atoms with E-state index < -0.39 is 6.41 Å². The van der Waals surface area contributed by atoms with Gasteiger partial charge in [-0.05, 0) is 36.0 Å². The van der Waals surface area contributed by atoms with E-state index in [4.69, 9.17) is 4.84 Å². The Morgan fingerprint density at radius 3 is 2.53 bits per heavy atom. The van der Waals surface area contributed by atoms with Crippen molar-refractivity contribution in [2.24, 2.45) is 4.99 Å². The molecule has 0 saturated heterocycles. The summed E-state index contributed by atoms with van der Waals surface area (Å²) in [5.41, 5.74) is 8.41. The lowest BCUT2D eigenvalue weighted by Crippen LogP contribution is -2.33. The van der Waals surface area contributed by atoms with Crippen LogP contribution in [0.4, 0.5) is 0 Å². The lowest BCUT2D eigenvalue weighted by molar-refractivity contribution is -0.102. The molecule has 2 aliphatic rings. The van der Waals surface area contributed by atoms with Gasteiger partial charge in [0.2, 0.25) is 5.78 Å². The summed E-state index contributed by atoms with van der Waals surface area (Å²) in [5.74, 6) is 1.16. The molecule has 0 amide bonds. The maximum atomic E-state index is 14.0. The van der Waals surface area contributed by atoms with Crippen molar-refractivity contribution >= 4 is 11.6 Å². The fourth-order valence-electron chi connectivity index (χ4n) is 5.76. The molecule has 0 bridgehead atoms. The molecule has 6 rings (SSSR count). The number of nitrogens with zero attached hydrogens (tertiary/aromatic N) is 5. The molecule has 2 N–H and O–H groups in total. The van der Waals surface area contributed by atoms with Crippen molar-refractivity contribution in [3.63, 3.8) is 0 Å². The molecule has 0 radical (unpaired) electrons. The molecule has 196 valence electrons. The number of rotatable bonds is 7. The van der Waals surface area contributed by atoms with E-state index in [0.717, 1.165) is 72.0 Å². The topological polar surface area (TPSA) is 106 Å². The number of hydroxylamine groups is 1. The Bertz CT molecular complexity index is 1530. The van der Waals surface area contributed by atoms with E-state index in [2.05, 4.69) is 51.7 Å². The molecule has 1 atom stereocenters. The molecule has 0 spiro atoms. The SMILES string of the molecule is CCCc1c(Cc2ccc(-c3ccccc3C3=NC(O)ON3)cc2)c(=O)n(C2CCCCC2)c2ncnn12. The van der Waals surface area contributed by atoms with Gasteiger partial charge in [-0.3, -0.25) is 9.36 Å². The second-order valence-corrected chi connectivity index (χ2v) is 10.1. The minimum Gasteiger partial charge on any atom is -0.348 e. The van der Waals surface area contributed by atoms with Crippen molar-refractivity contribution in [1.82, 2.24) is 24.6 Å². The molecule has 1 saturated carbocycles. The molecule has 1 unspecified atom stereocenters. The van der Waals surface area contributed by atoms with Gasteiger partial charge in [0.15, 0.2) is 5.84 Å². The highest BCUT2D eigenvalue weighted by Crippen LogP contribution is 2.30. The van der Waals surface area contributed by atoms with Crippen LogP contribution in [0.1, 0.15) is 73.9 Å². The van der Waals surface area contributed by atoms with Crippen molar-refractivity contribution < 1.29 is 9.94 Å². The van der Waals surface area contributed by atoms with E-state index in [1.807, 2.05) is 33.3 Å². The quantitative estimate of drug-likeness (QED) is 0.385. The summed E-state index contributed by atoms with van der Waals surface area (Å²) < 4.78 is 3.81. The van der Waals surface area contributed by atoms with Crippen molar-refractivity contribution in [2.45, 2.75) is 70.7 Å². The van der Waals surface area contributed by atoms with E-state index in [1.54, 1.807) is 6.33 Å². The number of hydrogen-bond donors (Lipinski definition) is 2. The summed E-state index contributed by atoms with van der Waals surface area (Å²) in [6.45, 7) is 2.12. The van der Waals surface area contributed by atoms with Crippen LogP contribution in [0.3, 0.4) is 0 Å². The molecule has 1 fully saturated rings. The molecule has 9 nitrogen and oxygen atoms in total. The molecule has 3 heterocycles. The lowest BCUT2D eigenvalue weighted by atomic mass is 9.94. The summed E-state index contributed by atoms with van der Waals surface area (Å²) >= 11 is 0. The number of aliphatic hydroxyl groups excluding tert-OH is 1. The molecule has 4 aromatic rings. The van der Waals surface area contributed by atoms with Gasteiger partial charge in [-0.2, -0.15) is 10.1 Å². The first-order chi connectivity index (χ1) is 18.6. The highest BCUT2D eigenvalue weighted by Gasteiger charge is 2.25. The Morgan fingerprint density at radius 1 is 1.05 bits per heavy atom. The molecule has 1 aliphatic carbocycles. The first kappa shape index (κ1) is 24.5. The van der Waals surface area contributed by atoms with Gasteiger partial charge >= 0.3 is 0 Å². The molecular formula is C29H32N6O3. The van der Waals surface area contributed by atoms with E-state index in [9.17, 15) is 9.90 Å². The molecule has 1 aliphatic heterocycles. The standard InChI is InChI=1S/C29H32N6O3/c1-2-8-25-24(27(36)34(21-9-4-3-5-10-21)28-30-18-31-35(25)28)17-19-13-15-20(16-14-19)22-11-6-7-12-23(22)26-32-29(37)38-33-26/h6-7,11-16,18,21,29,37H,2-5,8-10,17H2,1H3,(H,32,33). The second-order valence-electron chi connectivity index (χ2n) is 10.1. The maximum Gasteiger partial charge on any atom is 0.280 e. The zero-order chi connectivity index (χ0) is 26.1. The first-order valence-corrected chi connectivity index (χ1v) is 13.5. The third kappa shape index (κ3) is 4.52. The average Bonchev–Trinajstić information content (AvgIpc) is 3.61. The van der Waals surface area contributed by atoms with Crippen LogP contribution in [0.25, 0.3) is 16.9 Å². The lowest BCUT2D eigenvalue weighted by Gasteiger charge is -2.25. The van der Waals surface area contributed by atoms with Gasteiger partial charge in [-0.25, -0.2) is 19.8 Å². The molecule has 2 aromatic carbocycles. The average molecular weight is 513 g/mol. The van der Waals surface area contributed by atoms with Gasteiger partial charge < -0.3 is 5.11 Å². The van der Waals surface area contributed by atoms with Crippen LogP contribution in [0, 0.1) is 0 Å². The summed E-state index contributed by atoms with van der Waals surface area (Å²) in [4.78, 5) is 27.6. The fourth-order valence-corrected chi connectivity index (χ4v) is 5.76. The van der Waals surface area contributed by atoms with E-state index in [0.29, 0.717) is 18.0 Å². The van der Waals surface area contributed by atoms with Crippen LogP contribution >= 0.6 is 0 Å². The number of aromatic nitrogens is 4. The zero-order valence-corrected chi connectivity index (χ0v) is 21.5. The number of amidine groups is 1. The first-order valence-electron chi connectivity index (χ1n) is 13.5. The van der Waals surface area contributed by atoms with Gasteiger partial charge in [0, 0.05) is 23.6 Å². The highest BCUT2D eigenvalue weighted by atomic mass is 16.7. The minimum absolute atomic E-state index is 0.0687. The van der Waals surface area contributed by atoms with Gasteiger partial charge in [0.25, 0.3) is 12.0 Å². The molecule has 9 heteroatoms. The Hall–Kier alpha value is -3.82. The smallest absolute Gasteiger partial charge is 0.280 e. The summed E-state index contributed by atoms with van der Waals surface area (Å²) in [6.07, 6.45) is 8.09. The van der Waals surface area contributed by atoms with Crippen molar-refractivity contribution in [2.75, 3.05) is 0 Å². The van der Waals surface area contributed by atoms with Crippen LogP contribution in [0.2, 0.25) is 0 Å². The monoisotopic (exact) mass is 512 g/mol. The molecule has 2 aromatic heterocycles. The highest BCUT2D eigenvalue weighted by molar-refractivity contribution is 6.04. The number of aryl methyl sites for hydroxylation is 1. The summed E-state index contributed by atoms with van der Waals surface area (Å²) in [5, 5.41) is 14.2. The van der Waals surface area contributed by atoms with Crippen LogP contribution < -0.4 is 11.0 Å². The Kier molecular flexibility index (Phi) is 6.78. The second kappa shape index (κ2) is 10.5. The summed E-state index contributed by atoms with van der Waals surface area (Å²) in [6, 6.07) is 16.3. The number of fused-ring (bicyclic) bond motifs is 1. The van der Waals surface area contributed by atoms with Crippen molar-refractivity contribution in [3.8, 4) is 11.1 Å². The Balaban J connectivity index is 1.37. The van der Waals surface area contributed by atoms with Gasteiger partial charge in [-0.15, -0.1) is 0 Å². The van der Waals surface area contributed by atoms with Crippen LogP contribution in [0.5, 0.6) is 0 Å². The van der Waals surface area contributed by atoms with Crippen LogP contribution in [-0.2, 0) is 17.7 Å². The zero-order valence-electron chi connectivity index (χ0n) is 21.5. The molecular weight excluding hydrogens is 480 g/mol. The number of aliphatic hydroxyl groups is 1. The number of nitrogens with one attached hydrogen (secondary N) is 1. The largest absolute Gasteiger partial charge is 0.348 e. The van der Waals surface area contributed by atoms with E-state index in [-0.39, 0.29) is 11.6 Å². The normalized spacial score (nSPS) is 18.1. The fraction of sp³-hybridized carbons (Fsp3) is 0.379. The number of benzene rings is 2. The Morgan fingerprint density at radius 2 is 1.82 bits per heavy atom. The van der Waals surface area contributed by atoms with Crippen molar-refractivity contribution in [1.29, 1.82) is 0 Å². The predicted octanol–water partition coefficient (Wildman–Crippen LogP) is 4.16. The summed E-state index contributed by atoms with van der Waals surface area (Å²) in [7, 11) is 0. The number of hydrogen-bond acceptors (Lipinski definition) is 7. The van der Waals surface area contributed by atoms with Crippen LogP contribution in [0.15, 0.2) is 64.6 Å². The van der Waals surface area contributed by atoms with Gasteiger partial charge in [-0.1, -0.05) is 81.1 Å². The van der Waals surface area contributed by atoms with Crippen molar-refractivity contribution in [3.05, 3.63) is 87.6 Å². The Labute approximate surface area is 220 Å². The third-order valence-electron chi connectivity index (χ3n) is 7.58. The number of aliphatic imine (C=N–C) groups is 1. The van der Waals surface area contributed by atoms with E-state index in [1.165, 1.54) is 6.42 Å². The van der Waals surface area contributed by atoms with Gasteiger partial charge in [0.1, 0.15) is 6.33 Å².